The van der Waals surface area contributed by atoms with Crippen molar-refractivity contribution in [2.75, 3.05) is 7.11 Å². The van der Waals surface area contributed by atoms with Crippen LogP contribution in [0.3, 0.4) is 0 Å². The van der Waals surface area contributed by atoms with Gasteiger partial charge in [-0.2, -0.15) is 5.10 Å². The predicted molar refractivity (Wildman–Crippen MR) is 81.8 cm³/mol. The maximum Gasteiger partial charge on any atom is 0.211 e. The Hall–Kier alpha value is -2.82. The Morgan fingerprint density at radius 3 is 2.65 bits per heavy atom. The van der Waals surface area contributed by atoms with Crippen molar-refractivity contribution in [3.63, 3.8) is 0 Å². The number of methoxy groups -OCH3 is 1. The zero-order valence-corrected chi connectivity index (χ0v) is 11.2. The monoisotopic (exact) mass is 268 g/mol. The number of nitrogens with zero attached hydrogens (tertiary/aromatic N) is 2. The summed E-state index contributed by atoms with van der Waals surface area (Å²) >= 11 is 0. The van der Waals surface area contributed by atoms with E-state index in [4.69, 9.17) is 16.2 Å². The number of ether oxygens (including phenoxy) is 1. The normalized spacial score (nSPS) is 10.4. The molecule has 0 fully saturated rings. The van der Waals surface area contributed by atoms with Gasteiger partial charge in [0.05, 0.1) is 13.3 Å². The second-order valence-corrected chi connectivity index (χ2v) is 4.10. The molecule has 0 aliphatic heterocycles. The van der Waals surface area contributed by atoms with Crippen LogP contribution in [0.25, 0.3) is 11.1 Å². The lowest BCUT2D eigenvalue weighted by molar-refractivity contribution is 0.416. The molecule has 0 radical (unpaired) electrons. The predicted octanol–water partition coefficient (Wildman–Crippen LogP) is 1.97. The molecule has 0 aliphatic rings. The number of guanidine groups is 1. The fourth-order valence-electron chi connectivity index (χ4n) is 1.83. The van der Waals surface area contributed by atoms with Crippen molar-refractivity contribution in [1.82, 2.24) is 0 Å². The fraction of sp³-hybridized carbons (Fsp3) is 0.0667. The van der Waals surface area contributed by atoms with E-state index in [0.29, 0.717) is 0 Å². The summed E-state index contributed by atoms with van der Waals surface area (Å²) in [5.74, 6) is 0.757. The van der Waals surface area contributed by atoms with E-state index in [1.165, 1.54) is 0 Å². The summed E-state index contributed by atoms with van der Waals surface area (Å²) < 4.78 is 5.36. The Morgan fingerprint density at radius 2 is 1.90 bits per heavy atom. The Balaban J connectivity index is 2.34. The quantitative estimate of drug-likeness (QED) is 0.505. The molecule has 5 nitrogen and oxygen atoms in total. The van der Waals surface area contributed by atoms with Crippen LogP contribution in [-0.2, 0) is 0 Å². The molecule has 0 unspecified atom stereocenters. The third-order valence-electron chi connectivity index (χ3n) is 2.68. The Morgan fingerprint density at radius 1 is 1.10 bits per heavy atom. The van der Waals surface area contributed by atoms with Crippen LogP contribution in [0, 0.1) is 0 Å². The number of nitrogens with two attached hydrogens (primary N) is 2. The van der Waals surface area contributed by atoms with Gasteiger partial charge in [0, 0.05) is 5.56 Å². The maximum atomic E-state index is 5.36. The van der Waals surface area contributed by atoms with Crippen LogP contribution in [0.5, 0.6) is 5.75 Å². The molecular weight excluding hydrogens is 252 g/mol. The van der Waals surface area contributed by atoms with Crippen LogP contribution in [0.4, 0.5) is 0 Å². The van der Waals surface area contributed by atoms with E-state index in [2.05, 4.69) is 10.2 Å². The van der Waals surface area contributed by atoms with Crippen molar-refractivity contribution in [3.8, 4) is 16.9 Å². The molecule has 4 N–H and O–H groups in total. The van der Waals surface area contributed by atoms with Crippen LogP contribution >= 0.6 is 0 Å². The van der Waals surface area contributed by atoms with Gasteiger partial charge in [0.25, 0.3) is 0 Å². The van der Waals surface area contributed by atoms with Crippen molar-refractivity contribution in [2.24, 2.45) is 21.7 Å². The lowest BCUT2D eigenvalue weighted by Crippen LogP contribution is -2.21. The van der Waals surface area contributed by atoms with E-state index < -0.39 is 0 Å². The summed E-state index contributed by atoms with van der Waals surface area (Å²) in [4.78, 5) is 0. The topological polar surface area (TPSA) is 86.0 Å². The van der Waals surface area contributed by atoms with Crippen LogP contribution < -0.4 is 16.2 Å². The number of benzene rings is 2. The number of rotatable bonds is 4. The van der Waals surface area contributed by atoms with Crippen LogP contribution in [0.15, 0.2) is 58.7 Å². The number of hydrogen-bond donors (Lipinski definition) is 2. The van der Waals surface area contributed by atoms with Crippen molar-refractivity contribution in [2.45, 2.75) is 0 Å². The van der Waals surface area contributed by atoms with Gasteiger partial charge in [-0.15, -0.1) is 5.10 Å². The molecule has 0 aliphatic carbocycles. The Kier molecular flexibility index (Phi) is 4.34. The fourth-order valence-corrected chi connectivity index (χ4v) is 1.83. The van der Waals surface area contributed by atoms with Crippen LogP contribution in [0.1, 0.15) is 5.56 Å². The molecule has 0 aromatic heterocycles. The highest BCUT2D eigenvalue weighted by Gasteiger charge is 2.04. The highest BCUT2D eigenvalue weighted by molar-refractivity contribution is 5.84. The van der Waals surface area contributed by atoms with Crippen molar-refractivity contribution in [1.29, 1.82) is 0 Å². The minimum Gasteiger partial charge on any atom is -0.496 e. The minimum absolute atomic E-state index is 0.0675. The van der Waals surface area contributed by atoms with E-state index in [0.717, 1.165) is 22.4 Å². The zero-order valence-electron chi connectivity index (χ0n) is 11.2. The number of para-hydroxylation sites is 1. The van der Waals surface area contributed by atoms with E-state index in [1.54, 1.807) is 13.3 Å². The van der Waals surface area contributed by atoms with Gasteiger partial charge in [-0.1, -0.05) is 36.4 Å². The molecule has 0 saturated heterocycles. The van der Waals surface area contributed by atoms with Gasteiger partial charge in [-0.05, 0) is 23.3 Å². The summed E-state index contributed by atoms with van der Waals surface area (Å²) in [6.07, 6.45) is 1.60. The largest absolute Gasteiger partial charge is 0.496 e. The smallest absolute Gasteiger partial charge is 0.211 e. The summed E-state index contributed by atoms with van der Waals surface area (Å²) in [7, 11) is 1.66. The van der Waals surface area contributed by atoms with E-state index in [-0.39, 0.29) is 5.96 Å². The van der Waals surface area contributed by atoms with Crippen molar-refractivity contribution >= 4 is 12.2 Å². The third-order valence-corrected chi connectivity index (χ3v) is 2.68. The van der Waals surface area contributed by atoms with Gasteiger partial charge < -0.3 is 16.2 Å². The first-order valence-corrected chi connectivity index (χ1v) is 6.06. The first kappa shape index (κ1) is 13.6. The van der Waals surface area contributed by atoms with Gasteiger partial charge in [-0.25, -0.2) is 0 Å². The summed E-state index contributed by atoms with van der Waals surface area (Å²) in [5, 5.41) is 7.37. The lowest BCUT2D eigenvalue weighted by Gasteiger charge is -2.08. The minimum atomic E-state index is -0.0675. The molecule has 0 bridgehead atoms. The highest BCUT2D eigenvalue weighted by atomic mass is 16.5. The van der Waals surface area contributed by atoms with Crippen LogP contribution in [-0.4, -0.2) is 19.3 Å². The van der Waals surface area contributed by atoms with Crippen molar-refractivity contribution < 1.29 is 4.74 Å². The molecule has 0 atom stereocenters. The molecule has 20 heavy (non-hydrogen) atoms. The molecule has 2 rings (SSSR count). The Bertz CT molecular complexity index is 646. The standard InChI is InChI=1S/C15H16N4O/c1-20-14-8-3-2-7-13(14)12-6-4-5-11(9-12)10-18-19-15(16)17/h2-10H,1H3,(H4,16,17,19). The molecule has 0 spiro atoms. The molecular formula is C15H16N4O. The molecule has 2 aromatic rings. The van der Waals surface area contributed by atoms with Crippen molar-refractivity contribution in [3.05, 3.63) is 54.1 Å². The molecule has 102 valence electrons. The first-order valence-electron chi connectivity index (χ1n) is 6.06. The number of hydrogen-bond acceptors (Lipinski definition) is 3. The molecule has 5 heteroatoms. The lowest BCUT2D eigenvalue weighted by atomic mass is 10.0. The molecule has 0 heterocycles. The summed E-state index contributed by atoms with van der Waals surface area (Å²) in [5.41, 5.74) is 13.4. The molecule has 2 aromatic carbocycles. The summed E-state index contributed by atoms with van der Waals surface area (Å²) in [6, 6.07) is 15.7. The molecule has 0 amide bonds. The highest BCUT2D eigenvalue weighted by Crippen LogP contribution is 2.29. The maximum absolute atomic E-state index is 5.36. The van der Waals surface area contributed by atoms with Gasteiger partial charge in [0.15, 0.2) is 0 Å². The molecule has 0 saturated carbocycles. The second-order valence-electron chi connectivity index (χ2n) is 4.10. The second kappa shape index (κ2) is 6.38. The van der Waals surface area contributed by atoms with E-state index >= 15 is 0 Å². The zero-order chi connectivity index (χ0) is 14.4. The third kappa shape index (κ3) is 3.35. The average molecular weight is 268 g/mol. The SMILES string of the molecule is COc1ccccc1-c1cccc(C=NN=C(N)N)c1. The van der Waals surface area contributed by atoms with Gasteiger partial charge >= 0.3 is 0 Å². The first-order chi connectivity index (χ1) is 9.70. The Labute approximate surface area is 117 Å². The summed E-state index contributed by atoms with van der Waals surface area (Å²) in [6.45, 7) is 0. The average Bonchev–Trinajstić information content (AvgIpc) is 2.47. The van der Waals surface area contributed by atoms with E-state index in [1.807, 2.05) is 48.5 Å². The van der Waals surface area contributed by atoms with Gasteiger partial charge in [0.1, 0.15) is 5.75 Å². The van der Waals surface area contributed by atoms with Gasteiger partial charge in [0.2, 0.25) is 5.96 Å². The van der Waals surface area contributed by atoms with E-state index in [9.17, 15) is 0 Å². The van der Waals surface area contributed by atoms with Crippen LogP contribution in [0.2, 0.25) is 0 Å². The van der Waals surface area contributed by atoms with Gasteiger partial charge in [-0.3, -0.25) is 0 Å².